The first kappa shape index (κ1) is 22.9. The van der Waals surface area contributed by atoms with Crippen molar-refractivity contribution < 1.29 is 4.74 Å². The summed E-state index contributed by atoms with van der Waals surface area (Å²) >= 11 is 0. The van der Waals surface area contributed by atoms with E-state index in [1.54, 1.807) is 20.4 Å². The molecule has 0 amide bonds. The summed E-state index contributed by atoms with van der Waals surface area (Å²) in [5, 5.41) is 6.67. The molecule has 138 valence electrons. The molecule has 1 aromatic rings. The van der Waals surface area contributed by atoms with E-state index in [0.717, 1.165) is 24.6 Å². The Morgan fingerprint density at radius 3 is 2.46 bits per heavy atom. The van der Waals surface area contributed by atoms with Crippen molar-refractivity contribution in [1.29, 1.82) is 0 Å². The van der Waals surface area contributed by atoms with E-state index in [1.807, 2.05) is 12.1 Å². The summed E-state index contributed by atoms with van der Waals surface area (Å²) in [5.41, 5.74) is 1.10. The second-order valence-corrected chi connectivity index (χ2v) is 5.98. The summed E-state index contributed by atoms with van der Waals surface area (Å²) in [6, 6.07) is 4.95. The molecule has 0 radical (unpaired) electrons. The molecule has 0 aliphatic carbocycles. The molecular formula is C17H32IN5O. The predicted molar refractivity (Wildman–Crippen MR) is 111 cm³/mol. The standard InChI is InChI=1S/C17H31N5O.HI/c1-13(2)22(14(3)4)10-9-20-17(18-5)21-12-15-7-8-19-16(11-15)23-6;/h7-8,11,13-14H,9-10,12H2,1-6H3,(H2,18,20,21);1H. The maximum Gasteiger partial charge on any atom is 0.213 e. The number of methoxy groups -OCH3 is 1. The second-order valence-electron chi connectivity index (χ2n) is 5.98. The van der Waals surface area contributed by atoms with Crippen LogP contribution in [0.25, 0.3) is 0 Å². The molecule has 1 rings (SSSR count). The van der Waals surface area contributed by atoms with Crippen molar-refractivity contribution in [3.8, 4) is 5.88 Å². The van der Waals surface area contributed by atoms with Crippen LogP contribution in [0.5, 0.6) is 5.88 Å². The maximum atomic E-state index is 5.13. The summed E-state index contributed by atoms with van der Waals surface area (Å²) < 4.78 is 5.13. The first-order valence-corrected chi connectivity index (χ1v) is 8.17. The van der Waals surface area contributed by atoms with Gasteiger partial charge in [0.1, 0.15) is 0 Å². The number of rotatable bonds is 8. The number of aromatic nitrogens is 1. The largest absolute Gasteiger partial charge is 0.481 e. The molecule has 0 aliphatic rings. The number of nitrogens with zero attached hydrogens (tertiary/aromatic N) is 3. The van der Waals surface area contributed by atoms with Crippen LogP contribution in [-0.4, -0.2) is 55.2 Å². The van der Waals surface area contributed by atoms with Crippen molar-refractivity contribution in [1.82, 2.24) is 20.5 Å². The highest BCUT2D eigenvalue weighted by Gasteiger charge is 2.12. The summed E-state index contributed by atoms with van der Waals surface area (Å²) in [5.74, 6) is 1.42. The third-order valence-corrected chi connectivity index (χ3v) is 3.68. The molecule has 2 N–H and O–H groups in total. The van der Waals surface area contributed by atoms with E-state index in [9.17, 15) is 0 Å². The van der Waals surface area contributed by atoms with Gasteiger partial charge in [0.2, 0.25) is 5.88 Å². The molecule has 0 saturated carbocycles. The van der Waals surface area contributed by atoms with Crippen molar-refractivity contribution in [2.75, 3.05) is 27.2 Å². The Bertz CT molecular complexity index is 486. The minimum absolute atomic E-state index is 0. The zero-order valence-corrected chi connectivity index (χ0v) is 18.0. The summed E-state index contributed by atoms with van der Waals surface area (Å²) in [7, 11) is 3.40. The van der Waals surface area contributed by atoms with Crippen LogP contribution in [0.3, 0.4) is 0 Å². The Morgan fingerprint density at radius 1 is 1.25 bits per heavy atom. The van der Waals surface area contributed by atoms with Gasteiger partial charge in [0.25, 0.3) is 0 Å². The van der Waals surface area contributed by atoms with Gasteiger partial charge in [-0.2, -0.15) is 0 Å². The number of guanidine groups is 1. The van der Waals surface area contributed by atoms with Crippen molar-refractivity contribution in [2.24, 2.45) is 4.99 Å². The average molecular weight is 449 g/mol. The van der Waals surface area contributed by atoms with E-state index >= 15 is 0 Å². The molecule has 0 fully saturated rings. The minimum Gasteiger partial charge on any atom is -0.481 e. The Morgan fingerprint density at radius 2 is 1.92 bits per heavy atom. The molecule has 0 unspecified atom stereocenters. The first-order chi connectivity index (χ1) is 11.0. The van der Waals surface area contributed by atoms with Crippen LogP contribution in [0.15, 0.2) is 23.3 Å². The highest BCUT2D eigenvalue weighted by molar-refractivity contribution is 14.0. The molecule has 0 aromatic carbocycles. The Balaban J connectivity index is 0.00000529. The van der Waals surface area contributed by atoms with Gasteiger partial charge in [-0.3, -0.25) is 9.89 Å². The lowest BCUT2D eigenvalue weighted by molar-refractivity contribution is 0.178. The Kier molecular flexibility index (Phi) is 11.7. The molecule has 6 nitrogen and oxygen atoms in total. The van der Waals surface area contributed by atoms with Crippen molar-refractivity contribution >= 4 is 29.9 Å². The first-order valence-electron chi connectivity index (χ1n) is 8.17. The van der Waals surface area contributed by atoms with Crippen molar-refractivity contribution in [3.05, 3.63) is 23.9 Å². The minimum atomic E-state index is 0. The van der Waals surface area contributed by atoms with Crippen molar-refractivity contribution in [2.45, 2.75) is 46.3 Å². The van der Waals surface area contributed by atoms with Gasteiger partial charge in [0, 0.05) is 51.0 Å². The molecule has 1 aromatic heterocycles. The molecule has 0 aliphatic heterocycles. The summed E-state index contributed by atoms with van der Waals surface area (Å²) in [4.78, 5) is 10.8. The number of aliphatic imine (C=N–C) groups is 1. The van der Waals surface area contributed by atoms with Crippen molar-refractivity contribution in [3.63, 3.8) is 0 Å². The van der Waals surface area contributed by atoms with Gasteiger partial charge in [0.15, 0.2) is 5.96 Å². The predicted octanol–water partition coefficient (Wildman–Crippen LogP) is 2.49. The monoisotopic (exact) mass is 449 g/mol. The molecule has 0 saturated heterocycles. The number of pyridine rings is 1. The fourth-order valence-electron chi connectivity index (χ4n) is 2.49. The highest BCUT2D eigenvalue weighted by atomic mass is 127. The topological polar surface area (TPSA) is 61.8 Å². The van der Waals surface area contributed by atoms with Crippen LogP contribution >= 0.6 is 24.0 Å². The third kappa shape index (κ3) is 8.14. The SMILES string of the molecule is CN=C(NCCN(C(C)C)C(C)C)NCc1ccnc(OC)c1.I. The van der Waals surface area contributed by atoms with Gasteiger partial charge in [-0.05, 0) is 39.3 Å². The van der Waals surface area contributed by atoms with Crippen LogP contribution in [-0.2, 0) is 6.54 Å². The molecule has 0 spiro atoms. The van der Waals surface area contributed by atoms with Gasteiger partial charge in [-0.15, -0.1) is 24.0 Å². The molecule has 1 heterocycles. The quantitative estimate of drug-likeness (QED) is 0.363. The summed E-state index contributed by atoms with van der Waals surface area (Å²) in [6.45, 7) is 11.4. The van der Waals surface area contributed by atoms with E-state index in [2.05, 4.69) is 53.2 Å². The summed E-state index contributed by atoms with van der Waals surface area (Å²) in [6.07, 6.45) is 1.75. The second kappa shape index (κ2) is 12.3. The highest BCUT2D eigenvalue weighted by Crippen LogP contribution is 2.08. The van der Waals surface area contributed by atoms with Crippen LogP contribution < -0.4 is 15.4 Å². The molecule has 7 heteroatoms. The van der Waals surface area contributed by atoms with E-state index in [0.29, 0.717) is 24.5 Å². The number of ether oxygens (including phenoxy) is 1. The van der Waals surface area contributed by atoms with Gasteiger partial charge in [-0.1, -0.05) is 0 Å². The molecule has 0 atom stereocenters. The van der Waals surface area contributed by atoms with Crippen LogP contribution in [0.2, 0.25) is 0 Å². The van der Waals surface area contributed by atoms with Gasteiger partial charge in [-0.25, -0.2) is 4.98 Å². The Hall–Kier alpha value is -1.09. The molecular weight excluding hydrogens is 417 g/mol. The van der Waals surface area contributed by atoms with Crippen LogP contribution in [0, 0.1) is 0 Å². The normalized spacial score (nSPS) is 11.6. The third-order valence-electron chi connectivity index (χ3n) is 3.68. The number of halogens is 1. The fourth-order valence-corrected chi connectivity index (χ4v) is 2.49. The molecule has 24 heavy (non-hydrogen) atoms. The fraction of sp³-hybridized carbons (Fsp3) is 0.647. The van der Waals surface area contributed by atoms with E-state index < -0.39 is 0 Å². The average Bonchev–Trinajstić information content (AvgIpc) is 2.53. The number of hydrogen-bond acceptors (Lipinski definition) is 4. The number of nitrogens with one attached hydrogen (secondary N) is 2. The van der Waals surface area contributed by atoms with Crippen LogP contribution in [0.4, 0.5) is 0 Å². The number of hydrogen-bond donors (Lipinski definition) is 2. The smallest absolute Gasteiger partial charge is 0.213 e. The van der Waals surface area contributed by atoms with E-state index in [4.69, 9.17) is 4.74 Å². The van der Waals surface area contributed by atoms with E-state index in [1.165, 1.54) is 0 Å². The lowest BCUT2D eigenvalue weighted by atomic mass is 10.2. The zero-order valence-electron chi connectivity index (χ0n) is 15.7. The van der Waals surface area contributed by atoms with Gasteiger partial charge >= 0.3 is 0 Å². The molecule has 0 bridgehead atoms. The Labute approximate surface area is 163 Å². The maximum absolute atomic E-state index is 5.13. The van der Waals surface area contributed by atoms with Crippen LogP contribution in [0.1, 0.15) is 33.3 Å². The zero-order chi connectivity index (χ0) is 17.2. The lowest BCUT2D eigenvalue weighted by Gasteiger charge is -2.30. The van der Waals surface area contributed by atoms with Gasteiger partial charge < -0.3 is 15.4 Å². The lowest BCUT2D eigenvalue weighted by Crippen LogP contribution is -2.45. The van der Waals surface area contributed by atoms with E-state index in [-0.39, 0.29) is 24.0 Å². The van der Waals surface area contributed by atoms with Gasteiger partial charge in [0.05, 0.1) is 7.11 Å².